The fourth-order valence-electron chi connectivity index (χ4n) is 1.73. The van der Waals surface area contributed by atoms with Gasteiger partial charge in [0, 0.05) is 19.6 Å². The third-order valence-electron chi connectivity index (χ3n) is 2.30. The molecule has 0 aromatic rings. The lowest BCUT2D eigenvalue weighted by molar-refractivity contribution is -0.153. The fourth-order valence-corrected chi connectivity index (χ4v) is 1.73. The van der Waals surface area contributed by atoms with Gasteiger partial charge in [0.05, 0.1) is 18.8 Å². The molecule has 0 bridgehead atoms. The first kappa shape index (κ1) is 12.9. The molecule has 0 aromatic carbocycles. The van der Waals surface area contributed by atoms with Crippen molar-refractivity contribution in [1.82, 2.24) is 10.2 Å². The summed E-state index contributed by atoms with van der Waals surface area (Å²) in [5.74, 6) is -1.23. The Balaban J connectivity index is 2.49. The summed E-state index contributed by atoms with van der Waals surface area (Å²) < 4.78 is 5.46. The lowest BCUT2D eigenvalue weighted by atomic mass is 10.2. The minimum atomic E-state index is -0.671. The molecule has 2 atom stereocenters. The number of nitrogens with one attached hydrogen (secondary N) is 1. The summed E-state index contributed by atoms with van der Waals surface area (Å²) in [6.45, 7) is 4.50. The maximum atomic E-state index is 11.7. The van der Waals surface area contributed by atoms with Gasteiger partial charge in [0.15, 0.2) is 0 Å². The summed E-state index contributed by atoms with van der Waals surface area (Å²) in [4.78, 5) is 24.5. The van der Waals surface area contributed by atoms with Crippen LogP contribution in [0.25, 0.3) is 0 Å². The second-order valence-electron chi connectivity index (χ2n) is 3.95. The molecule has 1 saturated heterocycles. The summed E-state index contributed by atoms with van der Waals surface area (Å²) in [7, 11) is 0. The number of amides is 2. The first-order valence-corrected chi connectivity index (χ1v) is 5.38. The Bertz CT molecular complexity index is 260. The molecule has 6 heteroatoms. The van der Waals surface area contributed by atoms with Gasteiger partial charge in [0.2, 0.25) is 0 Å². The van der Waals surface area contributed by atoms with Gasteiger partial charge in [0.1, 0.15) is 0 Å². The van der Waals surface area contributed by atoms with Gasteiger partial charge in [-0.2, -0.15) is 0 Å². The van der Waals surface area contributed by atoms with Crippen LogP contribution in [0, 0.1) is 0 Å². The van der Waals surface area contributed by atoms with Crippen LogP contribution in [-0.4, -0.2) is 60.3 Å². The molecule has 92 valence electrons. The molecule has 2 unspecified atom stereocenters. The predicted molar refractivity (Wildman–Crippen MR) is 56.7 cm³/mol. The van der Waals surface area contributed by atoms with E-state index in [0.717, 1.165) is 0 Å². The third kappa shape index (κ3) is 3.46. The quantitative estimate of drug-likeness (QED) is 0.580. The summed E-state index contributed by atoms with van der Waals surface area (Å²) in [6, 6.07) is 0. The molecule has 1 fully saturated rings. The molecule has 2 amide bonds. The molecular formula is C10H18N2O4. The van der Waals surface area contributed by atoms with Crippen LogP contribution in [0.4, 0.5) is 0 Å². The number of hydrogen-bond acceptors (Lipinski definition) is 4. The van der Waals surface area contributed by atoms with E-state index in [1.54, 1.807) is 0 Å². The summed E-state index contributed by atoms with van der Waals surface area (Å²) in [5.41, 5.74) is 0. The fraction of sp³-hybridized carbons (Fsp3) is 0.800. The molecule has 16 heavy (non-hydrogen) atoms. The van der Waals surface area contributed by atoms with Crippen molar-refractivity contribution in [3.63, 3.8) is 0 Å². The topological polar surface area (TPSA) is 78.9 Å². The van der Waals surface area contributed by atoms with E-state index in [9.17, 15) is 9.59 Å². The van der Waals surface area contributed by atoms with Gasteiger partial charge in [-0.3, -0.25) is 9.59 Å². The highest BCUT2D eigenvalue weighted by Crippen LogP contribution is 2.10. The van der Waals surface area contributed by atoms with Crippen LogP contribution in [0.1, 0.15) is 13.8 Å². The predicted octanol–water partition coefficient (Wildman–Crippen LogP) is -1.27. The number of carbonyl (C=O) groups is 2. The monoisotopic (exact) mass is 230 g/mol. The first-order valence-electron chi connectivity index (χ1n) is 5.38. The molecule has 1 heterocycles. The van der Waals surface area contributed by atoms with Crippen molar-refractivity contribution >= 4 is 11.8 Å². The minimum absolute atomic E-state index is 0.0571. The molecule has 0 aromatic heterocycles. The number of aliphatic hydroxyl groups excluding tert-OH is 1. The Morgan fingerprint density at radius 3 is 2.44 bits per heavy atom. The Labute approximate surface area is 94.6 Å². The van der Waals surface area contributed by atoms with Gasteiger partial charge < -0.3 is 20.1 Å². The normalized spacial score (nSPS) is 25.3. The van der Waals surface area contributed by atoms with Crippen LogP contribution in [-0.2, 0) is 14.3 Å². The number of rotatable bonds is 2. The van der Waals surface area contributed by atoms with E-state index in [2.05, 4.69) is 5.32 Å². The van der Waals surface area contributed by atoms with Gasteiger partial charge in [0.25, 0.3) is 0 Å². The van der Waals surface area contributed by atoms with Gasteiger partial charge >= 0.3 is 11.8 Å². The van der Waals surface area contributed by atoms with Crippen LogP contribution in [0.3, 0.4) is 0 Å². The van der Waals surface area contributed by atoms with Crippen LogP contribution < -0.4 is 5.32 Å². The van der Waals surface area contributed by atoms with E-state index in [1.807, 2.05) is 13.8 Å². The van der Waals surface area contributed by atoms with Crippen LogP contribution in [0.2, 0.25) is 0 Å². The van der Waals surface area contributed by atoms with Crippen LogP contribution in [0.15, 0.2) is 0 Å². The zero-order valence-corrected chi connectivity index (χ0v) is 9.60. The average Bonchev–Trinajstić information content (AvgIpc) is 2.23. The summed E-state index contributed by atoms with van der Waals surface area (Å²) in [5, 5.41) is 10.9. The number of morpholine rings is 1. The zero-order chi connectivity index (χ0) is 12.1. The van der Waals surface area contributed by atoms with Gasteiger partial charge in [-0.25, -0.2) is 0 Å². The molecule has 6 nitrogen and oxygen atoms in total. The zero-order valence-electron chi connectivity index (χ0n) is 9.60. The minimum Gasteiger partial charge on any atom is -0.395 e. The number of hydrogen-bond donors (Lipinski definition) is 2. The second-order valence-corrected chi connectivity index (χ2v) is 3.95. The Morgan fingerprint density at radius 2 is 1.94 bits per heavy atom. The Morgan fingerprint density at radius 1 is 1.38 bits per heavy atom. The average molecular weight is 230 g/mol. The van der Waals surface area contributed by atoms with Crippen LogP contribution >= 0.6 is 0 Å². The second kappa shape index (κ2) is 5.81. The highest BCUT2D eigenvalue weighted by Gasteiger charge is 2.29. The maximum absolute atomic E-state index is 11.7. The molecular weight excluding hydrogens is 212 g/mol. The highest BCUT2D eigenvalue weighted by molar-refractivity contribution is 6.35. The van der Waals surface area contributed by atoms with E-state index in [1.165, 1.54) is 4.90 Å². The van der Waals surface area contributed by atoms with Crippen molar-refractivity contribution in [3.05, 3.63) is 0 Å². The molecule has 0 aliphatic carbocycles. The number of aliphatic hydroxyl groups is 1. The lowest BCUT2D eigenvalue weighted by Gasteiger charge is -2.34. The molecule has 2 N–H and O–H groups in total. The van der Waals surface area contributed by atoms with Crippen LogP contribution in [0.5, 0.6) is 0 Å². The van der Waals surface area contributed by atoms with Crippen molar-refractivity contribution in [2.75, 3.05) is 26.2 Å². The molecule has 0 radical (unpaired) electrons. The standard InChI is InChI=1S/C10H18N2O4/c1-7-5-12(6-8(2)16-7)10(15)9(14)11-3-4-13/h7-8,13H,3-6H2,1-2H3,(H,11,14). The third-order valence-corrected chi connectivity index (χ3v) is 2.30. The largest absolute Gasteiger partial charge is 0.395 e. The highest BCUT2D eigenvalue weighted by atomic mass is 16.5. The van der Waals surface area contributed by atoms with E-state index in [4.69, 9.17) is 9.84 Å². The molecule has 1 rings (SSSR count). The molecule has 1 aliphatic heterocycles. The molecule has 1 aliphatic rings. The van der Waals surface area contributed by atoms with E-state index in [-0.39, 0.29) is 25.4 Å². The van der Waals surface area contributed by atoms with Crippen molar-refractivity contribution in [1.29, 1.82) is 0 Å². The van der Waals surface area contributed by atoms with E-state index in [0.29, 0.717) is 13.1 Å². The number of ether oxygens (including phenoxy) is 1. The van der Waals surface area contributed by atoms with Gasteiger partial charge in [-0.05, 0) is 13.8 Å². The SMILES string of the molecule is CC1CN(C(=O)C(=O)NCCO)CC(C)O1. The number of carbonyl (C=O) groups excluding carboxylic acids is 2. The van der Waals surface area contributed by atoms with Crippen molar-refractivity contribution in [3.8, 4) is 0 Å². The van der Waals surface area contributed by atoms with Crippen molar-refractivity contribution in [2.45, 2.75) is 26.1 Å². The Kier molecular flexibility index (Phi) is 4.70. The van der Waals surface area contributed by atoms with E-state index >= 15 is 0 Å². The summed E-state index contributed by atoms with van der Waals surface area (Å²) in [6.07, 6.45) is -0.114. The maximum Gasteiger partial charge on any atom is 0.312 e. The Hall–Kier alpha value is -1.14. The number of nitrogens with zero attached hydrogens (tertiary/aromatic N) is 1. The molecule has 0 saturated carbocycles. The summed E-state index contributed by atoms with van der Waals surface area (Å²) >= 11 is 0. The van der Waals surface area contributed by atoms with Gasteiger partial charge in [-0.15, -0.1) is 0 Å². The van der Waals surface area contributed by atoms with E-state index < -0.39 is 11.8 Å². The van der Waals surface area contributed by atoms with Gasteiger partial charge in [-0.1, -0.05) is 0 Å². The van der Waals surface area contributed by atoms with Crippen molar-refractivity contribution < 1.29 is 19.4 Å². The smallest absolute Gasteiger partial charge is 0.312 e. The molecule has 0 spiro atoms. The lowest BCUT2D eigenvalue weighted by Crippen LogP contribution is -2.52. The van der Waals surface area contributed by atoms with Crippen molar-refractivity contribution in [2.24, 2.45) is 0 Å². The first-order chi connectivity index (χ1) is 7.54.